The van der Waals surface area contributed by atoms with Gasteiger partial charge >= 0.3 is 0 Å². The summed E-state index contributed by atoms with van der Waals surface area (Å²) < 4.78 is 0. The Bertz CT molecular complexity index is 960. The molecule has 27 heavy (non-hydrogen) atoms. The van der Waals surface area contributed by atoms with E-state index in [1.807, 2.05) is 12.1 Å². The molecule has 0 spiro atoms. The quantitative estimate of drug-likeness (QED) is 0.561. The van der Waals surface area contributed by atoms with E-state index in [-0.39, 0.29) is 11.2 Å². The minimum Gasteiger partial charge on any atom is -0.505 e. The van der Waals surface area contributed by atoms with Gasteiger partial charge in [0.2, 0.25) is 0 Å². The molecule has 0 saturated carbocycles. The maximum Gasteiger partial charge on any atom is 0.146 e. The second-order valence-electron chi connectivity index (χ2n) is 8.30. The van der Waals surface area contributed by atoms with Crippen LogP contribution in [-0.4, -0.2) is 20.1 Å². The summed E-state index contributed by atoms with van der Waals surface area (Å²) >= 11 is 6.08. The number of halogens is 1. The third-order valence-electron chi connectivity index (χ3n) is 5.33. The van der Waals surface area contributed by atoms with E-state index < -0.39 is 0 Å². The number of aromatic nitrogens is 3. The van der Waals surface area contributed by atoms with Gasteiger partial charge in [-0.1, -0.05) is 52.3 Å². The summed E-state index contributed by atoms with van der Waals surface area (Å²) in [5.74, 6) is 0.874. The molecule has 1 N–H and O–H groups in total. The van der Waals surface area contributed by atoms with Gasteiger partial charge in [0, 0.05) is 10.6 Å². The van der Waals surface area contributed by atoms with Gasteiger partial charge in [0.05, 0.1) is 0 Å². The summed E-state index contributed by atoms with van der Waals surface area (Å²) in [6.45, 7) is 10.9. The van der Waals surface area contributed by atoms with E-state index in [0.29, 0.717) is 22.1 Å². The Kier molecular flexibility index (Phi) is 5.48. The van der Waals surface area contributed by atoms with Gasteiger partial charge in [0.25, 0.3) is 0 Å². The molecule has 5 heteroatoms. The molecule has 4 nitrogen and oxygen atoms in total. The van der Waals surface area contributed by atoms with Crippen LogP contribution >= 0.6 is 11.6 Å². The summed E-state index contributed by atoms with van der Waals surface area (Å²) in [7, 11) is 0. The Hall–Kier alpha value is -2.07. The largest absolute Gasteiger partial charge is 0.505 e. The van der Waals surface area contributed by atoms with Gasteiger partial charge in [0.1, 0.15) is 22.5 Å². The van der Waals surface area contributed by atoms with E-state index in [9.17, 15) is 5.11 Å². The maximum atomic E-state index is 11.1. The number of benzene rings is 2. The van der Waals surface area contributed by atoms with Crippen LogP contribution in [0.1, 0.15) is 58.6 Å². The number of fused-ring (bicyclic) bond motifs is 1. The molecule has 1 heterocycles. The van der Waals surface area contributed by atoms with Gasteiger partial charge in [-0.3, -0.25) is 0 Å². The number of aryl methyl sites for hydroxylation is 1. The third-order valence-corrected chi connectivity index (χ3v) is 5.57. The lowest BCUT2D eigenvalue weighted by molar-refractivity contribution is 0.423. The molecule has 0 aliphatic rings. The van der Waals surface area contributed by atoms with Crippen LogP contribution in [0.2, 0.25) is 5.02 Å². The van der Waals surface area contributed by atoms with Crippen LogP contribution in [0.3, 0.4) is 0 Å². The molecule has 0 aliphatic heterocycles. The number of hydrogen-bond donors (Lipinski definition) is 1. The monoisotopic (exact) mass is 385 g/mol. The van der Waals surface area contributed by atoms with Crippen LogP contribution in [-0.2, 0) is 11.8 Å². The average molecular weight is 386 g/mol. The van der Waals surface area contributed by atoms with Crippen molar-refractivity contribution in [3.05, 3.63) is 46.5 Å². The van der Waals surface area contributed by atoms with E-state index >= 15 is 0 Å². The van der Waals surface area contributed by atoms with Crippen LogP contribution in [0.4, 0.5) is 0 Å². The molecule has 144 valence electrons. The van der Waals surface area contributed by atoms with E-state index in [1.54, 1.807) is 12.1 Å². The van der Waals surface area contributed by atoms with Gasteiger partial charge < -0.3 is 5.11 Å². The summed E-state index contributed by atoms with van der Waals surface area (Å²) in [4.78, 5) is 1.53. The second-order valence-corrected chi connectivity index (χ2v) is 8.74. The topological polar surface area (TPSA) is 50.9 Å². The van der Waals surface area contributed by atoms with Crippen LogP contribution in [0.5, 0.6) is 5.75 Å². The maximum absolute atomic E-state index is 11.1. The number of phenols is 1. The van der Waals surface area contributed by atoms with E-state index in [4.69, 9.17) is 11.6 Å². The standard InChI is InChI=1S/C22H28ClN3O/c1-6-22(4,5)17-11-15(8-7-14(2)3)12-20(21(17)27)26-24-18-10-9-16(23)13-19(18)25-26/h9-14,27H,6-8H2,1-5H3. The van der Waals surface area contributed by atoms with Crippen LogP contribution < -0.4 is 0 Å². The summed E-state index contributed by atoms with van der Waals surface area (Å²) in [5.41, 5.74) is 4.10. The Morgan fingerprint density at radius 1 is 1.11 bits per heavy atom. The fraction of sp³-hybridized carbons (Fsp3) is 0.455. The van der Waals surface area contributed by atoms with Gasteiger partial charge in [0.15, 0.2) is 0 Å². The van der Waals surface area contributed by atoms with Crippen molar-refractivity contribution in [2.45, 2.75) is 59.3 Å². The predicted molar refractivity (Wildman–Crippen MR) is 112 cm³/mol. The van der Waals surface area contributed by atoms with E-state index in [2.05, 4.69) is 50.9 Å². The zero-order valence-electron chi connectivity index (χ0n) is 16.8. The molecule has 2 aromatic carbocycles. The lowest BCUT2D eigenvalue weighted by Gasteiger charge is -2.26. The highest BCUT2D eigenvalue weighted by molar-refractivity contribution is 6.31. The van der Waals surface area contributed by atoms with Gasteiger partial charge in [-0.15, -0.1) is 15.0 Å². The summed E-state index contributed by atoms with van der Waals surface area (Å²) in [5, 5.41) is 20.8. The third kappa shape index (κ3) is 4.11. The molecule has 0 saturated heterocycles. The highest BCUT2D eigenvalue weighted by Crippen LogP contribution is 2.38. The molecule has 0 bridgehead atoms. The number of phenolic OH excluding ortho intramolecular Hbond substituents is 1. The van der Waals surface area contributed by atoms with E-state index in [0.717, 1.165) is 30.3 Å². The first-order valence-corrected chi connectivity index (χ1v) is 9.98. The van der Waals surface area contributed by atoms with Crippen molar-refractivity contribution in [1.82, 2.24) is 15.0 Å². The molecule has 0 radical (unpaired) electrons. The number of hydrogen-bond acceptors (Lipinski definition) is 3. The molecule has 0 amide bonds. The van der Waals surface area contributed by atoms with Crippen LogP contribution in [0.15, 0.2) is 30.3 Å². The summed E-state index contributed by atoms with van der Waals surface area (Å²) in [6.07, 6.45) is 2.99. The molecular formula is C22H28ClN3O. The number of rotatable bonds is 6. The first kappa shape index (κ1) is 19.7. The first-order valence-electron chi connectivity index (χ1n) is 9.60. The Balaban J connectivity index is 2.16. The first-order chi connectivity index (χ1) is 12.7. The van der Waals surface area contributed by atoms with Crippen LogP contribution in [0, 0.1) is 5.92 Å². The molecule has 1 aromatic heterocycles. The van der Waals surface area contributed by atoms with Crippen molar-refractivity contribution in [2.75, 3.05) is 0 Å². The van der Waals surface area contributed by atoms with E-state index in [1.165, 1.54) is 10.4 Å². The Labute approximate surface area is 166 Å². The summed E-state index contributed by atoms with van der Waals surface area (Å²) in [6, 6.07) is 9.58. The zero-order valence-corrected chi connectivity index (χ0v) is 17.5. The lowest BCUT2D eigenvalue weighted by Crippen LogP contribution is -2.17. The predicted octanol–water partition coefficient (Wildman–Crippen LogP) is 6.06. The Morgan fingerprint density at radius 3 is 2.48 bits per heavy atom. The van der Waals surface area contributed by atoms with Crippen molar-refractivity contribution in [3.8, 4) is 11.4 Å². The lowest BCUT2D eigenvalue weighted by atomic mass is 9.80. The second kappa shape index (κ2) is 7.51. The molecule has 0 fully saturated rings. The van der Waals surface area contributed by atoms with Crippen molar-refractivity contribution >= 4 is 22.6 Å². The minimum absolute atomic E-state index is 0.136. The van der Waals surface area contributed by atoms with Gasteiger partial charge in [-0.25, -0.2) is 0 Å². The van der Waals surface area contributed by atoms with Crippen molar-refractivity contribution in [1.29, 1.82) is 0 Å². The molecule has 0 aliphatic carbocycles. The van der Waals surface area contributed by atoms with Crippen molar-refractivity contribution < 1.29 is 5.11 Å². The SMILES string of the molecule is CCC(C)(C)c1cc(CCC(C)C)cc(-n2nc3ccc(Cl)cc3n2)c1O. The minimum atomic E-state index is -0.136. The fourth-order valence-electron chi connectivity index (χ4n) is 3.13. The molecule has 3 rings (SSSR count). The number of aromatic hydroxyl groups is 1. The fourth-order valence-corrected chi connectivity index (χ4v) is 3.30. The molecule has 0 unspecified atom stereocenters. The molecular weight excluding hydrogens is 358 g/mol. The average Bonchev–Trinajstić information content (AvgIpc) is 3.03. The Morgan fingerprint density at radius 2 is 1.81 bits per heavy atom. The zero-order chi connectivity index (χ0) is 19.8. The molecule has 3 aromatic rings. The highest BCUT2D eigenvalue weighted by atomic mass is 35.5. The van der Waals surface area contributed by atoms with Gasteiger partial charge in [-0.2, -0.15) is 0 Å². The van der Waals surface area contributed by atoms with Crippen molar-refractivity contribution in [2.24, 2.45) is 5.92 Å². The molecule has 0 atom stereocenters. The normalized spacial score (nSPS) is 12.3. The van der Waals surface area contributed by atoms with Crippen molar-refractivity contribution in [3.63, 3.8) is 0 Å². The van der Waals surface area contributed by atoms with Gasteiger partial charge in [-0.05, 0) is 60.4 Å². The number of nitrogens with zero attached hydrogens (tertiary/aromatic N) is 3. The highest BCUT2D eigenvalue weighted by Gasteiger charge is 2.25. The smallest absolute Gasteiger partial charge is 0.146 e. The van der Waals surface area contributed by atoms with Crippen LogP contribution in [0.25, 0.3) is 16.7 Å².